The molecule has 144 valence electrons. The lowest BCUT2D eigenvalue weighted by molar-refractivity contribution is 0.0224. The maximum absolute atomic E-state index is 12.6. The van der Waals surface area contributed by atoms with Crippen LogP contribution in [-0.2, 0) is 24.8 Å². The van der Waals surface area contributed by atoms with Crippen LogP contribution in [0.1, 0.15) is 48.0 Å². The number of nitrogens with one attached hydrogen (secondary N) is 1. The number of aromatic nitrogens is 2. The Morgan fingerprint density at radius 1 is 1.26 bits per heavy atom. The van der Waals surface area contributed by atoms with E-state index in [4.69, 9.17) is 4.74 Å². The maximum atomic E-state index is 12.6. The predicted molar refractivity (Wildman–Crippen MR) is 103 cm³/mol. The van der Waals surface area contributed by atoms with E-state index < -0.39 is 5.60 Å². The van der Waals surface area contributed by atoms with Crippen LogP contribution in [0.4, 0.5) is 10.6 Å². The van der Waals surface area contributed by atoms with Crippen LogP contribution < -0.4 is 5.32 Å². The van der Waals surface area contributed by atoms with Crippen LogP contribution in [0.15, 0.2) is 24.3 Å². The van der Waals surface area contributed by atoms with Crippen LogP contribution in [-0.4, -0.2) is 38.8 Å². The van der Waals surface area contributed by atoms with Crippen molar-refractivity contribution >= 4 is 17.8 Å². The topological polar surface area (TPSA) is 76.5 Å². The largest absolute Gasteiger partial charge is 0.444 e. The fourth-order valence-electron chi connectivity index (χ4n) is 3.11. The smallest absolute Gasteiger partial charge is 0.410 e. The minimum Gasteiger partial charge on any atom is -0.444 e. The van der Waals surface area contributed by atoms with E-state index in [0.717, 1.165) is 16.8 Å². The van der Waals surface area contributed by atoms with Crippen molar-refractivity contribution in [2.45, 2.75) is 46.3 Å². The highest BCUT2D eigenvalue weighted by molar-refractivity contribution is 6.04. The van der Waals surface area contributed by atoms with Gasteiger partial charge in [0.2, 0.25) is 0 Å². The highest BCUT2D eigenvalue weighted by Crippen LogP contribution is 2.27. The molecule has 0 aliphatic carbocycles. The number of aryl methyl sites for hydroxylation is 2. The van der Waals surface area contributed by atoms with Crippen LogP contribution in [0.5, 0.6) is 0 Å². The van der Waals surface area contributed by atoms with Gasteiger partial charge in [0.25, 0.3) is 5.91 Å². The molecule has 3 rings (SSSR count). The van der Waals surface area contributed by atoms with E-state index in [1.165, 1.54) is 0 Å². The second kappa shape index (κ2) is 7.06. The van der Waals surface area contributed by atoms with Gasteiger partial charge in [0.05, 0.1) is 12.2 Å². The molecule has 0 atom stereocenters. The van der Waals surface area contributed by atoms with Crippen molar-refractivity contribution in [1.82, 2.24) is 14.7 Å². The van der Waals surface area contributed by atoms with Crippen LogP contribution in [0, 0.1) is 6.92 Å². The molecule has 0 saturated heterocycles. The molecule has 2 amide bonds. The molecule has 1 aromatic carbocycles. The summed E-state index contributed by atoms with van der Waals surface area (Å²) in [5, 5.41) is 7.46. The molecular weight excluding hydrogens is 344 g/mol. The van der Waals surface area contributed by atoms with Gasteiger partial charge in [-0.15, -0.1) is 0 Å². The molecular formula is C20H26N4O3. The lowest BCUT2D eigenvalue weighted by atomic mass is 10.1. The average Bonchev–Trinajstić information content (AvgIpc) is 2.88. The fraction of sp³-hybridized carbons (Fsp3) is 0.450. The minimum absolute atomic E-state index is 0.195. The third-order valence-corrected chi connectivity index (χ3v) is 4.36. The van der Waals surface area contributed by atoms with E-state index in [2.05, 4.69) is 10.4 Å². The van der Waals surface area contributed by atoms with E-state index in [0.29, 0.717) is 30.9 Å². The first-order valence-corrected chi connectivity index (χ1v) is 9.05. The Labute approximate surface area is 159 Å². The zero-order valence-corrected chi connectivity index (χ0v) is 16.5. The molecule has 7 heteroatoms. The van der Waals surface area contributed by atoms with Gasteiger partial charge in [0.15, 0.2) is 0 Å². The van der Waals surface area contributed by atoms with Crippen molar-refractivity contribution in [2.24, 2.45) is 7.05 Å². The van der Waals surface area contributed by atoms with Crippen molar-refractivity contribution in [2.75, 3.05) is 11.9 Å². The summed E-state index contributed by atoms with van der Waals surface area (Å²) in [7, 11) is 1.79. The van der Waals surface area contributed by atoms with E-state index >= 15 is 0 Å². The first-order valence-electron chi connectivity index (χ1n) is 9.05. The van der Waals surface area contributed by atoms with Gasteiger partial charge >= 0.3 is 6.09 Å². The summed E-state index contributed by atoms with van der Waals surface area (Å²) < 4.78 is 7.14. The zero-order chi connectivity index (χ0) is 19.8. The van der Waals surface area contributed by atoms with E-state index in [-0.39, 0.29) is 12.0 Å². The van der Waals surface area contributed by atoms with Crippen molar-refractivity contribution in [3.05, 3.63) is 46.6 Å². The summed E-state index contributed by atoms with van der Waals surface area (Å²) in [6.07, 6.45) is 0.274. The molecule has 27 heavy (non-hydrogen) atoms. The summed E-state index contributed by atoms with van der Waals surface area (Å²) in [5.41, 5.74) is 2.82. The molecule has 0 spiro atoms. The highest BCUT2D eigenvalue weighted by atomic mass is 16.6. The van der Waals surface area contributed by atoms with Gasteiger partial charge in [-0.2, -0.15) is 5.10 Å². The Morgan fingerprint density at radius 2 is 2.00 bits per heavy atom. The lowest BCUT2D eigenvalue weighted by Gasteiger charge is -2.29. The highest BCUT2D eigenvalue weighted by Gasteiger charge is 2.30. The van der Waals surface area contributed by atoms with Crippen molar-refractivity contribution in [3.8, 4) is 0 Å². The van der Waals surface area contributed by atoms with Gasteiger partial charge in [-0.05, 0) is 39.8 Å². The first-order chi connectivity index (χ1) is 12.6. The summed E-state index contributed by atoms with van der Waals surface area (Å²) in [5.74, 6) is 0.420. The first kappa shape index (κ1) is 18.9. The van der Waals surface area contributed by atoms with Crippen LogP contribution in [0.3, 0.4) is 0 Å². The maximum Gasteiger partial charge on any atom is 0.410 e. The van der Waals surface area contributed by atoms with Crippen molar-refractivity contribution in [3.63, 3.8) is 0 Å². The summed E-state index contributed by atoms with van der Waals surface area (Å²) in [6, 6.07) is 7.41. The number of carbonyl (C=O) groups excluding carboxylic acids is 2. The number of fused-ring (bicyclic) bond motifs is 1. The second-order valence-corrected chi connectivity index (χ2v) is 7.87. The number of hydrogen-bond acceptors (Lipinski definition) is 4. The van der Waals surface area contributed by atoms with Gasteiger partial charge in [0, 0.05) is 31.1 Å². The quantitative estimate of drug-likeness (QED) is 0.880. The molecule has 0 bridgehead atoms. The number of carbonyl (C=O) groups is 2. The molecule has 0 radical (unpaired) electrons. The zero-order valence-electron chi connectivity index (χ0n) is 16.5. The summed E-state index contributed by atoms with van der Waals surface area (Å²) in [6.45, 7) is 8.39. The Hall–Kier alpha value is -2.83. The van der Waals surface area contributed by atoms with Crippen LogP contribution >= 0.6 is 0 Å². The molecule has 1 N–H and O–H groups in total. The third kappa shape index (κ3) is 4.30. The number of benzene rings is 1. The SMILES string of the molecule is Cc1cccc(C(=O)Nc2c3c(nn2C)CCN(C(=O)OC(C)(C)C)C3)c1. The number of nitrogens with zero attached hydrogens (tertiary/aromatic N) is 3. The third-order valence-electron chi connectivity index (χ3n) is 4.36. The van der Waals surface area contributed by atoms with E-state index in [1.807, 2.05) is 45.9 Å². The normalized spacial score (nSPS) is 13.9. The molecule has 1 aliphatic heterocycles. The lowest BCUT2D eigenvalue weighted by Crippen LogP contribution is -2.40. The van der Waals surface area contributed by atoms with Crippen LogP contribution in [0.2, 0.25) is 0 Å². The number of rotatable bonds is 2. The Balaban J connectivity index is 1.81. The molecule has 7 nitrogen and oxygen atoms in total. The fourth-order valence-corrected chi connectivity index (χ4v) is 3.11. The standard InChI is InChI=1S/C20H26N4O3/c1-13-7-6-8-14(11-13)18(25)21-17-15-12-24(19(26)27-20(2,3)4)10-9-16(15)22-23(17)5/h6-8,11H,9-10,12H2,1-5H3,(H,21,25). The van der Waals surface area contributed by atoms with E-state index in [1.54, 1.807) is 22.7 Å². The number of anilines is 1. The monoisotopic (exact) mass is 370 g/mol. The Morgan fingerprint density at radius 3 is 2.67 bits per heavy atom. The Bertz CT molecular complexity index is 880. The van der Waals surface area contributed by atoms with Crippen LogP contribution in [0.25, 0.3) is 0 Å². The molecule has 0 saturated carbocycles. The molecule has 2 aromatic rings. The average molecular weight is 370 g/mol. The van der Waals surface area contributed by atoms with E-state index in [9.17, 15) is 9.59 Å². The van der Waals surface area contributed by atoms with Crippen molar-refractivity contribution in [1.29, 1.82) is 0 Å². The molecule has 1 aliphatic rings. The van der Waals surface area contributed by atoms with Crippen molar-refractivity contribution < 1.29 is 14.3 Å². The molecule has 0 unspecified atom stereocenters. The summed E-state index contributed by atoms with van der Waals surface area (Å²) >= 11 is 0. The van der Waals surface area contributed by atoms with Gasteiger partial charge < -0.3 is 15.0 Å². The predicted octanol–water partition coefficient (Wildman–Crippen LogP) is 3.27. The molecule has 2 heterocycles. The molecule has 0 fully saturated rings. The van der Waals surface area contributed by atoms with Gasteiger partial charge in [-0.1, -0.05) is 17.7 Å². The summed E-state index contributed by atoms with van der Waals surface area (Å²) in [4.78, 5) is 26.7. The number of ether oxygens (including phenoxy) is 1. The Kier molecular flexibility index (Phi) is 4.95. The minimum atomic E-state index is -0.547. The number of amides is 2. The van der Waals surface area contributed by atoms with Gasteiger partial charge in [-0.25, -0.2) is 4.79 Å². The number of hydrogen-bond donors (Lipinski definition) is 1. The molecule has 1 aromatic heterocycles. The second-order valence-electron chi connectivity index (χ2n) is 7.87. The van der Waals surface area contributed by atoms with Gasteiger partial charge in [0.1, 0.15) is 11.4 Å². The van der Waals surface area contributed by atoms with Gasteiger partial charge in [-0.3, -0.25) is 9.48 Å².